The van der Waals surface area contributed by atoms with Crippen LogP contribution < -0.4 is 11.1 Å². The Labute approximate surface area is 188 Å². The molecule has 0 aliphatic rings. The fourth-order valence-corrected chi connectivity index (χ4v) is 5.10. The Kier molecular flexibility index (Phi) is 6.91. The number of alkyl halides is 3. The molecule has 0 aliphatic carbocycles. The zero-order valence-electron chi connectivity index (χ0n) is 15.6. The highest BCUT2D eigenvalue weighted by molar-refractivity contribution is 9.10. The summed E-state index contributed by atoms with van der Waals surface area (Å²) in [4.78, 5) is 13.7. The van der Waals surface area contributed by atoms with Gasteiger partial charge < -0.3 is 11.1 Å². The van der Waals surface area contributed by atoms with Gasteiger partial charge in [0.05, 0.1) is 36.7 Å². The van der Waals surface area contributed by atoms with Crippen LogP contribution in [0, 0.1) is 0 Å². The first-order chi connectivity index (χ1) is 14.1. The molecule has 0 saturated heterocycles. The maximum absolute atomic E-state index is 13.2. The first-order valence-corrected chi connectivity index (χ1v) is 10.7. The summed E-state index contributed by atoms with van der Waals surface area (Å²) in [7, 11) is 1.75. The number of carbonyl (C=O) groups is 1. The van der Waals surface area contributed by atoms with E-state index in [1.807, 2.05) is 0 Å². The molecule has 1 aromatic carbocycles. The van der Waals surface area contributed by atoms with Crippen molar-refractivity contribution in [2.45, 2.75) is 18.6 Å². The maximum atomic E-state index is 13.2. The number of aryl methyl sites for hydroxylation is 1. The summed E-state index contributed by atoms with van der Waals surface area (Å²) in [5.41, 5.74) is 5.78. The van der Waals surface area contributed by atoms with E-state index in [0.29, 0.717) is 14.8 Å². The molecule has 2 aromatic heterocycles. The van der Waals surface area contributed by atoms with Crippen molar-refractivity contribution < 1.29 is 18.0 Å². The number of thiophene rings is 1. The smallest absolute Gasteiger partial charge is 0.347 e. The quantitative estimate of drug-likeness (QED) is 0.485. The third kappa shape index (κ3) is 4.88. The Morgan fingerprint density at radius 1 is 1.40 bits per heavy atom. The van der Waals surface area contributed by atoms with Gasteiger partial charge in [-0.1, -0.05) is 29.8 Å². The lowest BCUT2D eigenvalue weighted by Crippen LogP contribution is -2.41. The lowest BCUT2D eigenvalue weighted by Gasteiger charge is -2.19. The van der Waals surface area contributed by atoms with Gasteiger partial charge >= 0.3 is 6.18 Å². The SMILES string of the molecule is Cn1ncc(Br)c1-c1sc(C(=O)NC(CN)Cc2ccccc2C(F)(F)F)cc1Cl. The summed E-state index contributed by atoms with van der Waals surface area (Å²) < 4.78 is 42.1. The van der Waals surface area contributed by atoms with Crippen LogP contribution in [0.5, 0.6) is 0 Å². The highest BCUT2D eigenvalue weighted by Gasteiger charge is 2.33. The number of amides is 1. The van der Waals surface area contributed by atoms with Crippen molar-refractivity contribution in [1.29, 1.82) is 0 Å². The number of rotatable bonds is 6. The molecule has 0 aliphatic heterocycles. The molecule has 2 heterocycles. The van der Waals surface area contributed by atoms with E-state index in [0.717, 1.165) is 27.6 Å². The molecule has 0 saturated carbocycles. The van der Waals surface area contributed by atoms with Crippen LogP contribution in [0.4, 0.5) is 13.2 Å². The zero-order chi connectivity index (χ0) is 22.1. The monoisotopic (exact) mass is 520 g/mol. The van der Waals surface area contributed by atoms with Gasteiger partial charge in [-0.2, -0.15) is 18.3 Å². The van der Waals surface area contributed by atoms with Gasteiger partial charge in [-0.15, -0.1) is 11.3 Å². The van der Waals surface area contributed by atoms with Crippen LogP contribution in [0.3, 0.4) is 0 Å². The third-order valence-corrected chi connectivity index (χ3v) is 6.56. The first-order valence-electron chi connectivity index (χ1n) is 8.75. The highest BCUT2D eigenvalue weighted by atomic mass is 79.9. The van der Waals surface area contributed by atoms with E-state index in [-0.39, 0.29) is 18.5 Å². The number of hydrogen-bond donors (Lipinski definition) is 2. The Bertz CT molecular complexity index is 1050. The molecular weight excluding hydrogens is 505 g/mol. The van der Waals surface area contributed by atoms with Crippen molar-refractivity contribution in [3.63, 3.8) is 0 Å². The summed E-state index contributed by atoms with van der Waals surface area (Å²) in [5, 5.41) is 7.22. The number of halogens is 5. The topological polar surface area (TPSA) is 72.9 Å². The van der Waals surface area contributed by atoms with Crippen LogP contribution in [-0.2, 0) is 19.6 Å². The van der Waals surface area contributed by atoms with Crippen LogP contribution in [0.1, 0.15) is 20.8 Å². The van der Waals surface area contributed by atoms with Gasteiger partial charge in [0.2, 0.25) is 0 Å². The predicted molar refractivity (Wildman–Crippen MR) is 115 cm³/mol. The average Bonchev–Trinajstić information content (AvgIpc) is 3.22. The minimum absolute atomic E-state index is 0.0167. The van der Waals surface area contributed by atoms with Crippen LogP contribution in [0.2, 0.25) is 5.02 Å². The van der Waals surface area contributed by atoms with Gasteiger partial charge in [0.1, 0.15) is 0 Å². The van der Waals surface area contributed by atoms with E-state index in [1.165, 1.54) is 24.3 Å². The minimum atomic E-state index is -4.48. The summed E-state index contributed by atoms with van der Waals surface area (Å²) in [6, 6.07) is 6.10. The van der Waals surface area contributed by atoms with Crippen molar-refractivity contribution in [2.24, 2.45) is 12.8 Å². The van der Waals surface area contributed by atoms with Crippen LogP contribution in [-0.4, -0.2) is 28.3 Å². The third-order valence-electron chi connectivity index (χ3n) is 4.43. The highest BCUT2D eigenvalue weighted by Crippen LogP contribution is 2.39. The molecule has 0 bridgehead atoms. The van der Waals surface area contributed by atoms with E-state index in [2.05, 4.69) is 26.3 Å². The van der Waals surface area contributed by atoms with Gasteiger partial charge in [-0.25, -0.2) is 0 Å². The number of hydrogen-bond acceptors (Lipinski definition) is 4. The molecule has 160 valence electrons. The Balaban J connectivity index is 1.80. The van der Waals surface area contributed by atoms with Crippen molar-refractivity contribution in [1.82, 2.24) is 15.1 Å². The van der Waals surface area contributed by atoms with E-state index >= 15 is 0 Å². The standard InChI is InChI=1S/C19H17BrClF3N4OS/c1-28-16(13(20)9-26-28)17-14(21)7-15(30-17)18(29)27-11(8-25)6-10-4-2-3-5-12(10)19(22,23)24/h2-5,7,9,11H,6,8,25H2,1H3,(H,27,29). The van der Waals surface area contributed by atoms with Crippen LogP contribution >= 0.6 is 38.9 Å². The summed E-state index contributed by atoms with van der Waals surface area (Å²) in [5.74, 6) is -0.452. The molecule has 1 amide bonds. The fourth-order valence-electron chi connectivity index (χ4n) is 3.00. The molecule has 0 fully saturated rings. The van der Waals surface area contributed by atoms with E-state index in [1.54, 1.807) is 17.9 Å². The number of nitrogens with zero attached hydrogens (tertiary/aromatic N) is 2. The summed E-state index contributed by atoms with van der Waals surface area (Å²) in [6.07, 6.45) is -2.91. The number of carbonyl (C=O) groups excluding carboxylic acids is 1. The van der Waals surface area contributed by atoms with Crippen molar-refractivity contribution in [3.8, 4) is 10.6 Å². The lowest BCUT2D eigenvalue weighted by molar-refractivity contribution is -0.138. The van der Waals surface area contributed by atoms with E-state index < -0.39 is 23.7 Å². The maximum Gasteiger partial charge on any atom is 0.416 e. The fraction of sp³-hybridized carbons (Fsp3) is 0.263. The molecule has 3 N–H and O–H groups in total. The number of benzene rings is 1. The van der Waals surface area contributed by atoms with Crippen molar-refractivity contribution in [3.05, 3.63) is 62.0 Å². The molecule has 0 radical (unpaired) electrons. The van der Waals surface area contributed by atoms with Gasteiger partial charge in [0.25, 0.3) is 5.91 Å². The molecule has 3 aromatic rings. The average molecular weight is 522 g/mol. The lowest BCUT2D eigenvalue weighted by atomic mass is 9.99. The van der Waals surface area contributed by atoms with Crippen LogP contribution in [0.25, 0.3) is 10.6 Å². The largest absolute Gasteiger partial charge is 0.416 e. The van der Waals surface area contributed by atoms with Gasteiger partial charge in [-0.05, 0) is 40.0 Å². The van der Waals surface area contributed by atoms with Crippen molar-refractivity contribution in [2.75, 3.05) is 6.54 Å². The first kappa shape index (κ1) is 22.8. The second kappa shape index (κ2) is 9.09. The molecule has 5 nitrogen and oxygen atoms in total. The molecule has 30 heavy (non-hydrogen) atoms. The molecular formula is C19H17BrClF3N4OS. The zero-order valence-corrected chi connectivity index (χ0v) is 18.8. The molecule has 0 spiro atoms. The Morgan fingerprint density at radius 3 is 2.70 bits per heavy atom. The number of nitrogens with one attached hydrogen (secondary N) is 1. The number of nitrogens with two attached hydrogens (primary N) is 1. The Morgan fingerprint density at radius 2 is 2.10 bits per heavy atom. The van der Waals surface area contributed by atoms with Crippen LogP contribution in [0.15, 0.2) is 41.0 Å². The van der Waals surface area contributed by atoms with Gasteiger partial charge in [-0.3, -0.25) is 9.48 Å². The van der Waals surface area contributed by atoms with Gasteiger partial charge in [0.15, 0.2) is 0 Å². The second-order valence-electron chi connectivity index (χ2n) is 6.52. The van der Waals surface area contributed by atoms with Gasteiger partial charge in [0, 0.05) is 19.6 Å². The van der Waals surface area contributed by atoms with E-state index in [9.17, 15) is 18.0 Å². The van der Waals surface area contributed by atoms with E-state index in [4.69, 9.17) is 17.3 Å². The summed E-state index contributed by atoms with van der Waals surface area (Å²) in [6.45, 7) is -0.0167. The molecule has 1 atom stereocenters. The normalized spacial score (nSPS) is 12.8. The predicted octanol–water partition coefficient (Wildman–Crippen LogP) is 4.88. The van der Waals surface area contributed by atoms with Crippen molar-refractivity contribution >= 4 is 44.8 Å². The molecule has 1 unspecified atom stereocenters. The molecule has 3 rings (SSSR count). The Hall–Kier alpha value is -1.88. The summed E-state index contributed by atoms with van der Waals surface area (Å²) >= 11 is 10.9. The molecule has 11 heteroatoms. The number of aromatic nitrogens is 2. The minimum Gasteiger partial charge on any atom is -0.347 e. The second-order valence-corrected chi connectivity index (χ2v) is 8.83.